The van der Waals surface area contributed by atoms with E-state index in [4.69, 9.17) is 9.52 Å². The van der Waals surface area contributed by atoms with E-state index in [2.05, 4.69) is 0 Å². The van der Waals surface area contributed by atoms with Crippen molar-refractivity contribution in [2.24, 2.45) is 5.92 Å². The Morgan fingerprint density at radius 2 is 2.00 bits per heavy atom. The number of nitrogens with zero attached hydrogens (tertiary/aromatic N) is 1. The molecule has 0 aromatic carbocycles. The van der Waals surface area contributed by atoms with Gasteiger partial charge >= 0.3 is 5.97 Å². The van der Waals surface area contributed by atoms with E-state index < -0.39 is 11.9 Å². The van der Waals surface area contributed by atoms with Gasteiger partial charge in [0.15, 0.2) is 5.76 Å². The number of aryl methyl sites for hydroxylation is 2. The maximum absolute atomic E-state index is 12.1. The molecule has 0 aliphatic rings. The van der Waals surface area contributed by atoms with Gasteiger partial charge in [-0.1, -0.05) is 20.8 Å². The molecular weight excluding hydrogens is 246 g/mol. The smallest absolute Gasteiger partial charge is 0.308 e. The van der Waals surface area contributed by atoms with Crippen LogP contribution in [-0.4, -0.2) is 35.5 Å². The Labute approximate surface area is 113 Å². The van der Waals surface area contributed by atoms with Gasteiger partial charge in [-0.3, -0.25) is 9.59 Å². The lowest BCUT2D eigenvalue weighted by atomic mass is 10.1. The minimum absolute atomic E-state index is 0.164. The Kier molecular flexibility index (Phi) is 5.15. The summed E-state index contributed by atoms with van der Waals surface area (Å²) in [5.41, 5.74) is 1.03. The molecule has 0 aliphatic heterocycles. The SMILES string of the molecule is CCc1cc(C(=O)N(C)CC(C)C(=O)O)oc1CC. The molecule has 0 radical (unpaired) electrons. The second-order valence-electron chi connectivity index (χ2n) is 4.69. The van der Waals surface area contributed by atoms with Crippen LogP contribution in [0.2, 0.25) is 0 Å². The van der Waals surface area contributed by atoms with E-state index in [9.17, 15) is 9.59 Å². The van der Waals surface area contributed by atoms with Crippen molar-refractivity contribution in [1.29, 1.82) is 0 Å². The van der Waals surface area contributed by atoms with Crippen molar-refractivity contribution >= 4 is 11.9 Å². The van der Waals surface area contributed by atoms with E-state index in [1.807, 2.05) is 13.8 Å². The van der Waals surface area contributed by atoms with Gasteiger partial charge < -0.3 is 14.4 Å². The van der Waals surface area contributed by atoms with E-state index in [0.29, 0.717) is 0 Å². The number of hydrogen-bond acceptors (Lipinski definition) is 3. The molecule has 0 saturated carbocycles. The fourth-order valence-electron chi connectivity index (χ4n) is 1.93. The van der Waals surface area contributed by atoms with E-state index in [1.54, 1.807) is 20.0 Å². The Bertz CT molecular complexity index is 443. The first kappa shape index (κ1) is 15.3. The van der Waals surface area contributed by atoms with Gasteiger partial charge in [0.25, 0.3) is 5.91 Å². The summed E-state index contributed by atoms with van der Waals surface area (Å²) in [5, 5.41) is 8.85. The van der Waals surface area contributed by atoms with Gasteiger partial charge in [-0.2, -0.15) is 0 Å². The molecule has 1 aromatic rings. The Balaban J connectivity index is 2.82. The predicted octanol–water partition coefficient (Wildman–Crippen LogP) is 2.20. The summed E-state index contributed by atoms with van der Waals surface area (Å²) >= 11 is 0. The molecule has 1 amide bonds. The summed E-state index contributed by atoms with van der Waals surface area (Å²) in [4.78, 5) is 24.3. The molecule has 1 unspecified atom stereocenters. The minimum atomic E-state index is -0.914. The second-order valence-corrected chi connectivity index (χ2v) is 4.69. The summed E-state index contributed by atoms with van der Waals surface area (Å²) in [7, 11) is 1.58. The molecular formula is C14H21NO4. The molecule has 1 N–H and O–H groups in total. The van der Waals surface area contributed by atoms with Crippen LogP contribution in [0.25, 0.3) is 0 Å². The molecule has 1 aromatic heterocycles. The molecule has 0 spiro atoms. The zero-order valence-electron chi connectivity index (χ0n) is 11.9. The van der Waals surface area contributed by atoms with Crippen LogP contribution in [0.3, 0.4) is 0 Å². The molecule has 0 bridgehead atoms. The molecule has 1 rings (SSSR count). The molecule has 0 aliphatic carbocycles. The zero-order chi connectivity index (χ0) is 14.6. The fourth-order valence-corrected chi connectivity index (χ4v) is 1.93. The van der Waals surface area contributed by atoms with Gasteiger partial charge in [0.1, 0.15) is 5.76 Å². The third-order valence-electron chi connectivity index (χ3n) is 3.13. The molecule has 5 heteroatoms. The maximum atomic E-state index is 12.1. The largest absolute Gasteiger partial charge is 0.481 e. The van der Waals surface area contributed by atoms with Crippen LogP contribution < -0.4 is 0 Å². The average Bonchev–Trinajstić information content (AvgIpc) is 2.80. The highest BCUT2D eigenvalue weighted by Crippen LogP contribution is 2.18. The van der Waals surface area contributed by atoms with Crippen LogP contribution in [-0.2, 0) is 17.6 Å². The van der Waals surface area contributed by atoms with Gasteiger partial charge in [-0.15, -0.1) is 0 Å². The van der Waals surface area contributed by atoms with Gasteiger partial charge in [-0.25, -0.2) is 0 Å². The van der Waals surface area contributed by atoms with Crippen molar-refractivity contribution in [1.82, 2.24) is 4.90 Å². The molecule has 0 fully saturated rings. The summed E-state index contributed by atoms with van der Waals surface area (Å²) < 4.78 is 5.54. The Hall–Kier alpha value is -1.78. The number of furan rings is 1. The number of amides is 1. The van der Waals surface area contributed by atoms with Gasteiger partial charge in [0.05, 0.1) is 5.92 Å². The lowest BCUT2D eigenvalue weighted by molar-refractivity contribution is -0.141. The van der Waals surface area contributed by atoms with Crippen molar-refractivity contribution in [3.05, 3.63) is 23.2 Å². The van der Waals surface area contributed by atoms with Crippen LogP contribution in [0.1, 0.15) is 42.6 Å². The first-order valence-corrected chi connectivity index (χ1v) is 6.50. The van der Waals surface area contributed by atoms with Crippen LogP contribution in [0.5, 0.6) is 0 Å². The van der Waals surface area contributed by atoms with E-state index >= 15 is 0 Å². The van der Waals surface area contributed by atoms with Crippen LogP contribution in [0, 0.1) is 5.92 Å². The number of carbonyl (C=O) groups is 2. The number of carboxylic acids is 1. The lowest BCUT2D eigenvalue weighted by Gasteiger charge is -2.18. The molecule has 1 atom stereocenters. The van der Waals surface area contributed by atoms with Gasteiger partial charge in [-0.05, 0) is 18.1 Å². The highest BCUT2D eigenvalue weighted by molar-refractivity contribution is 5.92. The number of carbonyl (C=O) groups excluding carboxylic acids is 1. The van der Waals surface area contributed by atoms with Gasteiger partial charge in [0.2, 0.25) is 0 Å². The lowest BCUT2D eigenvalue weighted by Crippen LogP contribution is -2.33. The molecule has 0 saturated heterocycles. The van der Waals surface area contributed by atoms with Gasteiger partial charge in [0, 0.05) is 20.0 Å². The van der Waals surface area contributed by atoms with Crippen LogP contribution in [0.15, 0.2) is 10.5 Å². The standard InChI is InChI=1S/C14H21NO4/c1-5-10-7-12(19-11(10)6-2)13(16)15(4)8-9(3)14(17)18/h7,9H,5-6,8H2,1-4H3,(H,17,18). The average molecular weight is 267 g/mol. The van der Waals surface area contributed by atoms with Crippen molar-refractivity contribution in [3.63, 3.8) is 0 Å². The van der Waals surface area contributed by atoms with Crippen LogP contribution >= 0.6 is 0 Å². The zero-order valence-corrected chi connectivity index (χ0v) is 11.9. The number of carboxylic acid groups (broad SMARTS) is 1. The fraction of sp³-hybridized carbons (Fsp3) is 0.571. The highest BCUT2D eigenvalue weighted by atomic mass is 16.4. The molecule has 19 heavy (non-hydrogen) atoms. The number of rotatable bonds is 6. The normalized spacial score (nSPS) is 12.2. The van der Waals surface area contributed by atoms with Crippen molar-refractivity contribution in [2.45, 2.75) is 33.6 Å². The van der Waals surface area contributed by atoms with Crippen molar-refractivity contribution in [2.75, 3.05) is 13.6 Å². The van der Waals surface area contributed by atoms with E-state index in [-0.39, 0.29) is 18.2 Å². The third kappa shape index (κ3) is 3.59. The highest BCUT2D eigenvalue weighted by Gasteiger charge is 2.22. The summed E-state index contributed by atoms with van der Waals surface area (Å²) in [6.45, 7) is 5.72. The van der Waals surface area contributed by atoms with Crippen LogP contribution in [0.4, 0.5) is 0 Å². The predicted molar refractivity (Wildman–Crippen MR) is 71.2 cm³/mol. The first-order valence-electron chi connectivity index (χ1n) is 6.50. The number of hydrogen-bond donors (Lipinski definition) is 1. The first-order chi connectivity index (χ1) is 8.90. The molecule has 1 heterocycles. The minimum Gasteiger partial charge on any atom is -0.481 e. The summed E-state index contributed by atoms with van der Waals surface area (Å²) in [6.07, 6.45) is 1.56. The quantitative estimate of drug-likeness (QED) is 0.857. The van der Waals surface area contributed by atoms with Crippen molar-refractivity contribution < 1.29 is 19.1 Å². The Morgan fingerprint density at radius 3 is 2.42 bits per heavy atom. The Morgan fingerprint density at radius 1 is 1.37 bits per heavy atom. The van der Waals surface area contributed by atoms with Crippen molar-refractivity contribution in [3.8, 4) is 0 Å². The maximum Gasteiger partial charge on any atom is 0.308 e. The summed E-state index contributed by atoms with van der Waals surface area (Å²) in [5.74, 6) is -0.676. The second kappa shape index (κ2) is 6.41. The van der Waals surface area contributed by atoms with E-state index in [0.717, 1.165) is 24.2 Å². The van der Waals surface area contributed by atoms with E-state index in [1.165, 1.54) is 4.90 Å². The summed E-state index contributed by atoms with van der Waals surface area (Å²) in [6, 6.07) is 1.75. The monoisotopic (exact) mass is 267 g/mol. The number of aliphatic carboxylic acids is 1. The topological polar surface area (TPSA) is 70.8 Å². The molecule has 106 valence electrons. The molecule has 5 nitrogen and oxygen atoms in total. The third-order valence-corrected chi connectivity index (χ3v) is 3.13.